The number of ether oxygens (including phenoxy) is 2. The quantitative estimate of drug-likeness (QED) is 0.274. The topological polar surface area (TPSA) is 68.2 Å². The van der Waals surface area contributed by atoms with Crippen LogP contribution in [0.25, 0.3) is 0 Å². The number of benzene rings is 2. The van der Waals surface area contributed by atoms with Crippen LogP contribution in [0.5, 0.6) is 5.75 Å². The summed E-state index contributed by atoms with van der Waals surface area (Å²) in [7, 11) is 0.115. The van der Waals surface area contributed by atoms with Gasteiger partial charge in [0.1, 0.15) is 5.75 Å². The van der Waals surface area contributed by atoms with Crippen LogP contribution in [0.2, 0.25) is 0 Å². The molecule has 2 aromatic rings. The van der Waals surface area contributed by atoms with Crippen molar-refractivity contribution >= 4 is 22.2 Å². The Morgan fingerprint density at radius 1 is 1.24 bits per heavy atom. The van der Waals surface area contributed by atoms with Crippen molar-refractivity contribution in [3.05, 3.63) is 83.5 Å². The molecule has 1 fully saturated rings. The average Bonchev–Trinajstić information content (AvgIpc) is 3.10. The van der Waals surface area contributed by atoms with Gasteiger partial charge in [0.2, 0.25) is 0 Å². The van der Waals surface area contributed by atoms with Gasteiger partial charge in [0.15, 0.2) is 0 Å². The summed E-state index contributed by atoms with van der Waals surface area (Å²) in [6.45, 7) is 10.8. The smallest absolute Gasteiger partial charge is 0.254 e. The van der Waals surface area contributed by atoms with Crippen molar-refractivity contribution in [1.29, 1.82) is 0 Å². The van der Waals surface area contributed by atoms with Crippen molar-refractivity contribution in [3.63, 3.8) is 0 Å². The summed E-state index contributed by atoms with van der Waals surface area (Å²) >= 11 is 0. The molecule has 2 aromatic carbocycles. The molecule has 0 N–H and O–H groups in total. The van der Waals surface area contributed by atoms with Crippen LogP contribution in [-0.2, 0) is 31.4 Å². The van der Waals surface area contributed by atoms with Crippen LogP contribution in [0.15, 0.2) is 65.6 Å². The van der Waals surface area contributed by atoms with Gasteiger partial charge in [-0.15, -0.1) is 6.58 Å². The van der Waals surface area contributed by atoms with Crippen molar-refractivity contribution in [1.82, 2.24) is 0 Å². The first-order chi connectivity index (χ1) is 20.3. The fraction of sp³-hybridized carbons (Fsp3) is 0.514. The second-order valence-corrected chi connectivity index (χ2v) is 13.7. The SMILES string of the molecule is C=CCOC.Cc1ccc2c(c1)CCC[C@]21COc2ccc3cc2N(C[C@@H]2CC[C@H]2/C=C\C[C@H](C)C[S-](=O)=NC3=O)C1. The molecule has 2 bridgehead atoms. The first kappa shape index (κ1) is 30.6. The maximum absolute atomic E-state index is 13.0. The fourth-order valence-electron chi connectivity index (χ4n) is 6.86. The van der Waals surface area contributed by atoms with E-state index in [2.05, 4.69) is 64.8 Å². The van der Waals surface area contributed by atoms with Crippen molar-refractivity contribution in [3.8, 4) is 5.75 Å². The number of aryl methyl sites for hydroxylation is 2. The molecule has 1 spiro atoms. The minimum Gasteiger partial charge on any atom is -0.490 e. The molecule has 7 heteroatoms. The molecular weight excluding hydrogens is 544 g/mol. The first-order valence-electron chi connectivity index (χ1n) is 15.3. The zero-order valence-electron chi connectivity index (χ0n) is 25.3. The number of nitrogens with zero attached hydrogens (tertiary/aromatic N) is 2. The Morgan fingerprint density at radius 3 is 2.83 bits per heavy atom. The Kier molecular flexibility index (Phi) is 9.89. The number of hydrogen-bond acceptors (Lipinski definition) is 6. The molecule has 0 aromatic heterocycles. The molecule has 2 aliphatic heterocycles. The minimum atomic E-state index is -1.53. The highest BCUT2D eigenvalue weighted by atomic mass is 32.2. The summed E-state index contributed by atoms with van der Waals surface area (Å²) in [5.41, 5.74) is 5.57. The minimum absolute atomic E-state index is 0.0796. The van der Waals surface area contributed by atoms with Gasteiger partial charge in [-0.2, -0.15) is 10.6 Å². The highest BCUT2D eigenvalue weighted by Crippen LogP contribution is 2.46. The van der Waals surface area contributed by atoms with Crippen molar-refractivity contribution in [2.45, 2.75) is 57.8 Å². The lowest BCUT2D eigenvalue weighted by Gasteiger charge is -2.44. The van der Waals surface area contributed by atoms with Crippen LogP contribution in [0.1, 0.15) is 66.1 Å². The zero-order chi connectivity index (χ0) is 29.7. The molecule has 2 heterocycles. The predicted molar refractivity (Wildman–Crippen MR) is 171 cm³/mol. The summed E-state index contributed by atoms with van der Waals surface area (Å²) in [6.07, 6.45) is 13.0. The lowest BCUT2D eigenvalue weighted by molar-refractivity contribution is 0.100. The molecule has 6 rings (SSSR count). The van der Waals surface area contributed by atoms with Crippen LogP contribution in [-0.4, -0.2) is 45.1 Å². The normalized spacial score (nSPS) is 28.1. The number of allylic oxidation sites excluding steroid dienone is 2. The fourth-order valence-corrected chi connectivity index (χ4v) is 7.85. The Labute approximate surface area is 253 Å². The summed E-state index contributed by atoms with van der Waals surface area (Å²) < 4.78 is 27.8. The molecule has 226 valence electrons. The lowest BCUT2D eigenvalue weighted by Crippen LogP contribution is -2.48. The lowest BCUT2D eigenvalue weighted by atomic mass is 9.69. The molecular formula is C35H45N2O4S-. The van der Waals surface area contributed by atoms with E-state index in [4.69, 9.17) is 4.74 Å². The largest absolute Gasteiger partial charge is 0.490 e. The number of hydrogen-bond donors (Lipinski definition) is 0. The van der Waals surface area contributed by atoms with Gasteiger partial charge in [0, 0.05) is 31.2 Å². The number of amides is 1. The predicted octanol–water partition coefficient (Wildman–Crippen LogP) is 7.20. The van der Waals surface area contributed by atoms with E-state index in [9.17, 15) is 9.00 Å². The average molecular weight is 590 g/mol. The molecule has 4 aliphatic rings. The van der Waals surface area contributed by atoms with E-state index in [-0.39, 0.29) is 11.3 Å². The number of anilines is 1. The van der Waals surface area contributed by atoms with Crippen LogP contribution in [0.4, 0.5) is 5.69 Å². The van der Waals surface area contributed by atoms with Crippen LogP contribution in [0, 0.1) is 24.7 Å². The highest BCUT2D eigenvalue weighted by molar-refractivity contribution is 7.75. The van der Waals surface area contributed by atoms with Crippen LogP contribution < -0.4 is 9.64 Å². The van der Waals surface area contributed by atoms with E-state index in [0.717, 1.165) is 50.2 Å². The number of carbonyl (C=O) groups excluding carboxylic acids is 1. The van der Waals surface area contributed by atoms with Crippen molar-refractivity contribution < 1.29 is 18.5 Å². The standard InChI is InChI=1S/C31H37N2O3S.C4H8O/c1-21-8-12-27-24(15-21)7-4-14-31(27)19-33-17-26-10-9-23(26)6-3-5-22(2)18-37(35)32-30(34)25-11-13-29(36-20-31)28(33)16-25;1-3-4-5-2/h3,6,8,11-13,15-16,22-23,26H,4-5,7,9-10,14,17-20H2,1-2H3;3H,1,4H2,2H3/q-1;/b6-3-;/t22-,23+,26-,31-;/m0./s1. The van der Waals surface area contributed by atoms with Crippen LogP contribution >= 0.6 is 0 Å². The van der Waals surface area contributed by atoms with Gasteiger partial charge < -0.3 is 22.9 Å². The molecule has 6 nitrogen and oxygen atoms in total. The molecule has 2 aliphatic carbocycles. The maximum atomic E-state index is 13.0. The molecule has 0 saturated heterocycles. The Morgan fingerprint density at radius 2 is 2.10 bits per heavy atom. The van der Waals surface area contributed by atoms with Crippen LogP contribution in [0.3, 0.4) is 0 Å². The highest BCUT2D eigenvalue weighted by Gasteiger charge is 2.43. The van der Waals surface area contributed by atoms with Gasteiger partial charge in [0.05, 0.1) is 18.9 Å². The van der Waals surface area contributed by atoms with Gasteiger partial charge in [-0.05, 0) is 86.6 Å². The number of rotatable bonds is 2. The molecule has 1 amide bonds. The van der Waals surface area contributed by atoms with Crippen molar-refractivity contribution in [2.75, 3.05) is 44.1 Å². The summed E-state index contributed by atoms with van der Waals surface area (Å²) in [5, 5.41) is 0. The van der Waals surface area contributed by atoms with E-state index in [1.807, 2.05) is 12.1 Å². The van der Waals surface area contributed by atoms with Crippen molar-refractivity contribution in [2.24, 2.45) is 22.1 Å². The summed E-state index contributed by atoms with van der Waals surface area (Å²) in [4.78, 5) is 15.5. The van der Waals surface area contributed by atoms with Gasteiger partial charge in [-0.1, -0.05) is 60.6 Å². The molecule has 42 heavy (non-hydrogen) atoms. The third-order valence-electron chi connectivity index (χ3n) is 9.23. The third-order valence-corrected chi connectivity index (χ3v) is 10.5. The second-order valence-electron chi connectivity index (χ2n) is 12.5. The van der Waals surface area contributed by atoms with Gasteiger partial charge in [0.25, 0.3) is 5.91 Å². The monoisotopic (exact) mass is 589 g/mol. The van der Waals surface area contributed by atoms with Gasteiger partial charge >= 0.3 is 0 Å². The zero-order valence-corrected chi connectivity index (χ0v) is 26.2. The Bertz CT molecular complexity index is 1410. The van der Waals surface area contributed by atoms with E-state index in [1.54, 1.807) is 19.3 Å². The van der Waals surface area contributed by atoms with E-state index >= 15 is 0 Å². The number of methoxy groups -OCH3 is 1. The van der Waals surface area contributed by atoms with E-state index in [0.29, 0.717) is 36.4 Å². The Hall–Kier alpha value is -2.90. The second kappa shape index (κ2) is 13.6. The molecule has 1 saturated carbocycles. The summed E-state index contributed by atoms with van der Waals surface area (Å²) in [6, 6.07) is 12.6. The van der Waals surface area contributed by atoms with Gasteiger partial charge in [-0.3, -0.25) is 4.79 Å². The van der Waals surface area contributed by atoms with Gasteiger partial charge in [-0.25, -0.2) is 0 Å². The molecule has 0 unspecified atom stereocenters. The number of carbonyl (C=O) groups is 1. The van der Waals surface area contributed by atoms with E-state index < -0.39 is 16.5 Å². The molecule has 0 radical (unpaired) electrons. The summed E-state index contributed by atoms with van der Waals surface area (Å²) in [5.74, 6) is 2.21. The Balaban J connectivity index is 0.000000652. The maximum Gasteiger partial charge on any atom is 0.254 e. The first-order valence-corrected chi connectivity index (χ1v) is 16.6. The molecule has 4 atom stereocenters. The van der Waals surface area contributed by atoms with E-state index in [1.165, 1.54) is 29.5 Å². The third kappa shape index (κ3) is 6.84. The number of fused-ring (bicyclic) bond motifs is 4.